The first-order valence-corrected chi connectivity index (χ1v) is 8.58. The van der Waals surface area contributed by atoms with Gasteiger partial charge in [0.1, 0.15) is 5.82 Å². The first kappa shape index (κ1) is 17.9. The van der Waals surface area contributed by atoms with E-state index in [-0.39, 0.29) is 0 Å². The molecule has 7 heteroatoms. The number of nitrogens with zero attached hydrogens (tertiary/aromatic N) is 3. The van der Waals surface area contributed by atoms with Gasteiger partial charge in [-0.05, 0) is 35.9 Å². The summed E-state index contributed by atoms with van der Waals surface area (Å²) in [6.07, 6.45) is -1.20. The summed E-state index contributed by atoms with van der Waals surface area (Å²) in [5.41, 5.74) is 1.43. The second kappa shape index (κ2) is 7.26. The van der Waals surface area contributed by atoms with Crippen LogP contribution in [0, 0.1) is 0 Å². The lowest BCUT2D eigenvalue weighted by atomic mass is 10.1. The fourth-order valence-corrected chi connectivity index (χ4v) is 2.85. The molecule has 140 valence electrons. The number of hydrogen-bond acceptors (Lipinski definition) is 4. The molecule has 0 unspecified atom stereocenters. The molecule has 0 saturated carbocycles. The molecule has 0 fully saturated rings. The van der Waals surface area contributed by atoms with E-state index in [4.69, 9.17) is 0 Å². The number of aromatic nitrogens is 3. The van der Waals surface area contributed by atoms with Gasteiger partial charge >= 0.3 is 6.18 Å². The molecule has 0 aliphatic heterocycles. The standard InChI is InChI=1S/C21H15F3N4/c22-21(23,24)16-6-7-18-17(12-16)20(26-13-14-4-2-1-3-5-14)28-19(27-18)15-8-10-25-11-9-15/h1-12H,13H2,(H,26,27,28). The summed E-state index contributed by atoms with van der Waals surface area (Å²) in [7, 11) is 0. The van der Waals surface area contributed by atoms with Crippen LogP contribution in [0.25, 0.3) is 22.3 Å². The fraction of sp³-hybridized carbons (Fsp3) is 0.0952. The maximum Gasteiger partial charge on any atom is 0.416 e. The van der Waals surface area contributed by atoms with Crippen LogP contribution < -0.4 is 5.32 Å². The normalized spacial score (nSPS) is 11.5. The molecule has 0 spiro atoms. The number of anilines is 1. The monoisotopic (exact) mass is 380 g/mol. The third-order valence-corrected chi connectivity index (χ3v) is 4.26. The van der Waals surface area contributed by atoms with Crippen molar-refractivity contribution in [3.8, 4) is 11.4 Å². The van der Waals surface area contributed by atoms with Crippen LogP contribution in [0.3, 0.4) is 0 Å². The quantitative estimate of drug-likeness (QED) is 0.520. The molecule has 4 rings (SSSR count). The zero-order valence-corrected chi connectivity index (χ0v) is 14.6. The molecule has 28 heavy (non-hydrogen) atoms. The summed E-state index contributed by atoms with van der Waals surface area (Å²) in [6.45, 7) is 0.430. The largest absolute Gasteiger partial charge is 0.416 e. The zero-order valence-electron chi connectivity index (χ0n) is 14.6. The Labute approximate surface area is 159 Å². The van der Waals surface area contributed by atoms with Crippen molar-refractivity contribution in [3.63, 3.8) is 0 Å². The molecule has 0 aliphatic carbocycles. The van der Waals surface area contributed by atoms with Crippen molar-refractivity contribution in [1.82, 2.24) is 15.0 Å². The summed E-state index contributed by atoms with van der Waals surface area (Å²) in [5.74, 6) is 0.775. The average Bonchev–Trinajstić information content (AvgIpc) is 2.72. The number of rotatable bonds is 4. The van der Waals surface area contributed by atoms with Crippen LogP contribution in [0.5, 0.6) is 0 Å². The Morgan fingerprint density at radius 3 is 2.32 bits per heavy atom. The molecule has 2 aromatic heterocycles. The molecular formula is C21H15F3N4. The van der Waals surface area contributed by atoms with E-state index in [9.17, 15) is 13.2 Å². The first-order valence-electron chi connectivity index (χ1n) is 8.58. The zero-order chi connectivity index (χ0) is 19.6. The molecule has 4 aromatic rings. The molecule has 0 bridgehead atoms. The predicted octanol–water partition coefficient (Wildman–Crippen LogP) is 5.32. The number of benzene rings is 2. The number of halogens is 3. The highest BCUT2D eigenvalue weighted by molar-refractivity contribution is 5.91. The molecule has 0 saturated heterocycles. The summed E-state index contributed by atoms with van der Waals surface area (Å²) in [6, 6.07) is 16.6. The third kappa shape index (κ3) is 3.78. The number of fused-ring (bicyclic) bond motifs is 1. The van der Waals surface area contributed by atoms with Gasteiger partial charge in [-0.3, -0.25) is 4.98 Å². The second-order valence-corrected chi connectivity index (χ2v) is 6.20. The molecule has 4 nitrogen and oxygen atoms in total. The molecule has 0 atom stereocenters. The third-order valence-electron chi connectivity index (χ3n) is 4.26. The van der Waals surface area contributed by atoms with Crippen molar-refractivity contribution in [3.05, 3.63) is 84.2 Å². The van der Waals surface area contributed by atoms with Gasteiger partial charge in [0.15, 0.2) is 5.82 Å². The van der Waals surface area contributed by atoms with Crippen LogP contribution >= 0.6 is 0 Å². The van der Waals surface area contributed by atoms with Crippen molar-refractivity contribution in [1.29, 1.82) is 0 Å². The molecule has 0 amide bonds. The Morgan fingerprint density at radius 1 is 0.857 bits per heavy atom. The average molecular weight is 380 g/mol. The molecule has 0 radical (unpaired) electrons. The molecule has 2 aromatic carbocycles. The summed E-state index contributed by atoms with van der Waals surface area (Å²) in [5, 5.41) is 3.48. The summed E-state index contributed by atoms with van der Waals surface area (Å²) >= 11 is 0. The lowest BCUT2D eigenvalue weighted by molar-refractivity contribution is -0.137. The molecule has 1 N–H and O–H groups in total. The molecule has 0 aliphatic rings. The van der Waals surface area contributed by atoms with E-state index in [1.54, 1.807) is 24.5 Å². The van der Waals surface area contributed by atoms with Gasteiger partial charge in [0.05, 0.1) is 11.1 Å². The van der Waals surface area contributed by atoms with Crippen LogP contribution in [-0.4, -0.2) is 15.0 Å². The van der Waals surface area contributed by atoms with Gasteiger partial charge in [-0.25, -0.2) is 9.97 Å². The van der Waals surface area contributed by atoms with E-state index in [2.05, 4.69) is 20.3 Å². The van der Waals surface area contributed by atoms with Crippen molar-refractivity contribution in [2.24, 2.45) is 0 Å². The minimum Gasteiger partial charge on any atom is -0.365 e. The van der Waals surface area contributed by atoms with Gasteiger partial charge in [-0.1, -0.05) is 30.3 Å². The molecule has 2 heterocycles. The van der Waals surface area contributed by atoms with E-state index >= 15 is 0 Å². The van der Waals surface area contributed by atoms with E-state index in [1.807, 2.05) is 30.3 Å². The van der Waals surface area contributed by atoms with E-state index in [0.717, 1.165) is 23.3 Å². The predicted molar refractivity (Wildman–Crippen MR) is 102 cm³/mol. The van der Waals surface area contributed by atoms with Gasteiger partial charge in [0, 0.05) is 29.9 Å². The van der Waals surface area contributed by atoms with Gasteiger partial charge in [-0.2, -0.15) is 13.2 Å². The van der Waals surface area contributed by atoms with Crippen LogP contribution in [0.15, 0.2) is 73.1 Å². The van der Waals surface area contributed by atoms with Gasteiger partial charge in [0.2, 0.25) is 0 Å². The Kier molecular flexibility index (Phi) is 4.65. The maximum absolute atomic E-state index is 13.2. The van der Waals surface area contributed by atoms with Crippen molar-refractivity contribution < 1.29 is 13.2 Å². The van der Waals surface area contributed by atoms with Crippen molar-refractivity contribution >= 4 is 16.7 Å². The van der Waals surface area contributed by atoms with Gasteiger partial charge in [0.25, 0.3) is 0 Å². The van der Waals surface area contributed by atoms with Crippen LogP contribution in [0.2, 0.25) is 0 Å². The Hall–Kier alpha value is -3.48. The molecular weight excluding hydrogens is 365 g/mol. The highest BCUT2D eigenvalue weighted by Crippen LogP contribution is 2.33. The van der Waals surface area contributed by atoms with E-state index in [0.29, 0.717) is 29.1 Å². The lowest BCUT2D eigenvalue weighted by Gasteiger charge is -2.13. The van der Waals surface area contributed by atoms with Crippen LogP contribution in [0.1, 0.15) is 11.1 Å². The highest BCUT2D eigenvalue weighted by atomic mass is 19.4. The SMILES string of the molecule is FC(F)(F)c1ccc2nc(-c3ccncc3)nc(NCc3ccccc3)c2c1. The summed E-state index contributed by atoms with van der Waals surface area (Å²) < 4.78 is 39.5. The van der Waals surface area contributed by atoms with Gasteiger partial charge in [-0.15, -0.1) is 0 Å². The maximum atomic E-state index is 13.2. The van der Waals surface area contributed by atoms with Crippen molar-refractivity contribution in [2.75, 3.05) is 5.32 Å². The fourth-order valence-electron chi connectivity index (χ4n) is 2.85. The number of nitrogens with one attached hydrogen (secondary N) is 1. The number of pyridine rings is 1. The lowest BCUT2D eigenvalue weighted by Crippen LogP contribution is -2.07. The van der Waals surface area contributed by atoms with Crippen LogP contribution in [0.4, 0.5) is 19.0 Å². The van der Waals surface area contributed by atoms with E-state index < -0.39 is 11.7 Å². The minimum absolute atomic E-state index is 0.323. The van der Waals surface area contributed by atoms with Gasteiger partial charge < -0.3 is 5.32 Å². The second-order valence-electron chi connectivity index (χ2n) is 6.20. The topological polar surface area (TPSA) is 50.7 Å². The highest BCUT2D eigenvalue weighted by Gasteiger charge is 2.31. The van der Waals surface area contributed by atoms with Crippen LogP contribution in [-0.2, 0) is 12.7 Å². The Bertz CT molecular complexity index is 1100. The van der Waals surface area contributed by atoms with Crippen molar-refractivity contribution in [2.45, 2.75) is 12.7 Å². The Morgan fingerprint density at radius 2 is 1.61 bits per heavy atom. The number of alkyl halides is 3. The smallest absolute Gasteiger partial charge is 0.365 e. The summed E-state index contributed by atoms with van der Waals surface area (Å²) in [4.78, 5) is 12.9. The van der Waals surface area contributed by atoms with E-state index in [1.165, 1.54) is 6.07 Å². The Balaban J connectivity index is 1.81. The first-order chi connectivity index (χ1) is 13.5. The minimum atomic E-state index is -4.44. The number of hydrogen-bond donors (Lipinski definition) is 1.